The van der Waals surface area contributed by atoms with E-state index in [9.17, 15) is 14.4 Å². The van der Waals surface area contributed by atoms with Gasteiger partial charge in [-0.2, -0.15) is 5.26 Å². The molecule has 15 heteroatoms. The summed E-state index contributed by atoms with van der Waals surface area (Å²) in [6.45, 7) is 4.29. The number of carbonyl (C=O) groups excluding carboxylic acids is 3. The molecule has 1 saturated carbocycles. The molecular formula is C42H47ClFN9O4. The number of piperidine rings is 2. The molecule has 0 unspecified atom stereocenters. The summed E-state index contributed by atoms with van der Waals surface area (Å²) in [6, 6.07) is 18.0. The molecule has 57 heavy (non-hydrogen) atoms. The van der Waals surface area contributed by atoms with Gasteiger partial charge in [-0.15, -0.1) is 10.2 Å². The third-order valence-electron chi connectivity index (χ3n) is 11.9. The number of benzene rings is 2. The number of alkyl halides is 1. The maximum atomic E-state index is 16.6. The van der Waals surface area contributed by atoms with Gasteiger partial charge >= 0.3 is 6.03 Å². The van der Waals surface area contributed by atoms with Gasteiger partial charge < -0.3 is 19.5 Å². The lowest BCUT2D eigenvalue weighted by atomic mass is 9.91. The number of anilines is 2. The van der Waals surface area contributed by atoms with Crippen LogP contribution in [0.3, 0.4) is 0 Å². The third-order valence-corrected chi connectivity index (χ3v) is 12.2. The summed E-state index contributed by atoms with van der Waals surface area (Å²) in [4.78, 5) is 43.4. The van der Waals surface area contributed by atoms with Crippen LogP contribution in [0.5, 0.6) is 5.75 Å². The van der Waals surface area contributed by atoms with Crippen LogP contribution in [0.4, 0.5) is 20.7 Å². The van der Waals surface area contributed by atoms with Crippen LogP contribution in [0.15, 0.2) is 60.8 Å². The number of aromatic nitrogens is 3. The predicted molar refractivity (Wildman–Crippen MR) is 214 cm³/mol. The van der Waals surface area contributed by atoms with E-state index in [0.29, 0.717) is 47.5 Å². The van der Waals surface area contributed by atoms with Crippen LogP contribution in [0.1, 0.15) is 73.8 Å². The lowest BCUT2D eigenvalue weighted by Crippen LogP contribution is -2.50. The number of amides is 4. The van der Waals surface area contributed by atoms with Crippen LogP contribution in [0, 0.1) is 17.2 Å². The molecule has 4 aromatic rings. The van der Waals surface area contributed by atoms with Crippen LogP contribution in [0.2, 0.25) is 5.02 Å². The molecule has 13 nitrogen and oxygen atoms in total. The van der Waals surface area contributed by atoms with Crippen LogP contribution >= 0.6 is 11.6 Å². The number of imide groups is 1. The van der Waals surface area contributed by atoms with Crippen LogP contribution < -0.4 is 25.2 Å². The minimum Gasteiger partial charge on any atom is -0.490 e. The molecule has 1 atom stereocenters. The van der Waals surface area contributed by atoms with Crippen LogP contribution in [-0.2, 0) is 11.3 Å². The number of carbonyl (C=O) groups is 3. The number of urea groups is 1. The first kappa shape index (κ1) is 38.6. The van der Waals surface area contributed by atoms with E-state index >= 15 is 4.39 Å². The number of nitrogens with zero attached hydrogens (tertiary/aromatic N) is 7. The van der Waals surface area contributed by atoms with Gasteiger partial charge in [-0.05, 0) is 106 Å². The van der Waals surface area contributed by atoms with Crippen molar-refractivity contribution >= 4 is 51.9 Å². The highest BCUT2D eigenvalue weighted by molar-refractivity contribution is 6.31. The number of nitrogens with one attached hydrogen (secondary N) is 2. The van der Waals surface area contributed by atoms with Crippen molar-refractivity contribution in [3.05, 3.63) is 77.1 Å². The third kappa shape index (κ3) is 8.84. The molecule has 0 spiro atoms. The molecule has 298 valence electrons. The van der Waals surface area contributed by atoms with Crippen LogP contribution in [0.25, 0.3) is 10.9 Å². The quantitative estimate of drug-likeness (QED) is 0.190. The smallest absolute Gasteiger partial charge is 0.328 e. The van der Waals surface area contributed by atoms with Gasteiger partial charge in [0.1, 0.15) is 17.5 Å². The number of fused-ring (bicyclic) bond motifs is 1. The molecule has 5 heterocycles. The highest BCUT2D eigenvalue weighted by Gasteiger charge is 2.37. The van der Waals surface area contributed by atoms with Gasteiger partial charge in [-0.1, -0.05) is 17.7 Å². The van der Waals surface area contributed by atoms with Crippen molar-refractivity contribution in [1.82, 2.24) is 30.3 Å². The lowest BCUT2D eigenvalue weighted by molar-refractivity contribution is -0.120. The van der Waals surface area contributed by atoms with Gasteiger partial charge in [0, 0.05) is 62.8 Å². The Bertz CT molecular complexity index is 2160. The van der Waals surface area contributed by atoms with E-state index in [0.717, 1.165) is 93.5 Å². The van der Waals surface area contributed by atoms with Crippen molar-refractivity contribution in [2.45, 2.75) is 82.1 Å². The topological polar surface area (TPSA) is 149 Å². The Morgan fingerprint density at radius 1 is 1.02 bits per heavy atom. The summed E-state index contributed by atoms with van der Waals surface area (Å²) in [7, 11) is 0. The van der Waals surface area contributed by atoms with Crippen molar-refractivity contribution < 1.29 is 23.5 Å². The second kappa shape index (κ2) is 16.7. The van der Waals surface area contributed by atoms with Crippen molar-refractivity contribution in [2.24, 2.45) is 5.92 Å². The Hall–Kier alpha value is -5.26. The first-order chi connectivity index (χ1) is 27.6. The molecule has 3 aliphatic heterocycles. The first-order valence-corrected chi connectivity index (χ1v) is 20.4. The molecule has 8 rings (SSSR count). The summed E-state index contributed by atoms with van der Waals surface area (Å²) in [5.74, 6) is 1.33. The maximum absolute atomic E-state index is 16.6. The lowest BCUT2D eigenvalue weighted by Gasteiger charge is -2.41. The minimum absolute atomic E-state index is 0.0164. The average Bonchev–Trinajstić information content (AvgIpc) is 3.61. The second-order valence-electron chi connectivity index (χ2n) is 15.9. The monoisotopic (exact) mass is 795 g/mol. The fraction of sp³-hybridized carbons (Fsp3) is 0.476. The summed E-state index contributed by atoms with van der Waals surface area (Å²) < 4.78 is 24.7. The zero-order valence-corrected chi connectivity index (χ0v) is 32.6. The van der Waals surface area contributed by atoms with Crippen molar-refractivity contribution in [3.8, 4) is 11.8 Å². The van der Waals surface area contributed by atoms with Gasteiger partial charge in [0.25, 0.3) is 5.91 Å². The number of hydrogen-bond donors (Lipinski definition) is 2. The number of halogens is 2. The largest absolute Gasteiger partial charge is 0.490 e. The Kier molecular flexibility index (Phi) is 11.3. The highest BCUT2D eigenvalue weighted by atomic mass is 35.5. The van der Waals surface area contributed by atoms with Gasteiger partial charge in [-0.3, -0.25) is 24.7 Å². The van der Waals surface area contributed by atoms with E-state index in [1.54, 1.807) is 29.2 Å². The van der Waals surface area contributed by atoms with Crippen molar-refractivity contribution in [1.29, 1.82) is 5.26 Å². The fourth-order valence-corrected chi connectivity index (χ4v) is 9.12. The summed E-state index contributed by atoms with van der Waals surface area (Å²) in [6.07, 6.45) is 8.52. The predicted octanol–water partition coefficient (Wildman–Crippen LogP) is 6.24. The molecule has 4 amide bonds. The normalized spacial score (nSPS) is 23.6. The fourth-order valence-electron chi connectivity index (χ4n) is 8.90. The van der Waals surface area contributed by atoms with Gasteiger partial charge in [0.2, 0.25) is 5.91 Å². The zero-order valence-electron chi connectivity index (χ0n) is 31.8. The molecule has 1 aliphatic carbocycles. The highest BCUT2D eigenvalue weighted by Crippen LogP contribution is 2.34. The molecule has 3 saturated heterocycles. The molecule has 2 aromatic carbocycles. The van der Waals surface area contributed by atoms with E-state index < -0.39 is 11.7 Å². The number of likely N-dealkylation sites (tertiary alicyclic amines) is 1. The molecule has 2 N–H and O–H groups in total. The molecular weight excluding hydrogens is 749 g/mol. The van der Waals surface area contributed by atoms with Gasteiger partial charge in [0.05, 0.1) is 34.4 Å². The summed E-state index contributed by atoms with van der Waals surface area (Å²) in [5.41, 5.74) is 0.916. The zero-order chi connectivity index (χ0) is 39.5. The second-order valence-corrected chi connectivity index (χ2v) is 16.3. The average molecular weight is 796 g/mol. The Morgan fingerprint density at radius 3 is 2.58 bits per heavy atom. The van der Waals surface area contributed by atoms with E-state index in [1.807, 2.05) is 41.1 Å². The minimum atomic E-state index is -1.38. The number of hydrogen-bond acceptors (Lipinski definition) is 9. The molecule has 2 aromatic heterocycles. The van der Waals surface area contributed by atoms with E-state index in [4.69, 9.17) is 21.6 Å². The number of rotatable bonds is 10. The van der Waals surface area contributed by atoms with Crippen molar-refractivity contribution in [2.75, 3.05) is 49.1 Å². The number of nitriles is 1. The Labute approximate surface area is 336 Å². The summed E-state index contributed by atoms with van der Waals surface area (Å²) in [5, 5.41) is 24.5. The molecule has 0 bridgehead atoms. The van der Waals surface area contributed by atoms with Crippen molar-refractivity contribution in [3.63, 3.8) is 0 Å². The summed E-state index contributed by atoms with van der Waals surface area (Å²) >= 11 is 6.15. The van der Waals surface area contributed by atoms with E-state index in [2.05, 4.69) is 36.7 Å². The molecule has 4 fully saturated rings. The standard InChI is InChI=1S/C42H47ClFN9O4/c43-34-23-32(8-5-29(34)24-45)57-31-9-6-30(7-10-31)46-40(55)35-11-12-38(49-48-35)51-19-13-28(14-20-51)25-50-18-2-17-42(44,26-50)27-52-21-15-33-36(52)3-1-4-37(33)53-22-16-39(54)47-41(53)56/h1,3-5,8,11-12,15,21,23,28,30-31H,2,6-7,9-10,13-14,16-20,22,25-27H2,(H,46,55)(H,47,54,56)/t30-,31-,42-/m0/s1. The maximum Gasteiger partial charge on any atom is 0.328 e. The van der Waals surface area contributed by atoms with Crippen LogP contribution in [-0.4, -0.2) is 94.6 Å². The Balaban J connectivity index is 0.784. The number of ether oxygens (including phenoxy) is 1. The van der Waals surface area contributed by atoms with E-state index in [1.165, 1.54) is 0 Å². The van der Waals surface area contributed by atoms with Gasteiger partial charge in [-0.25, -0.2) is 9.18 Å². The molecule has 4 aliphatic rings. The van der Waals surface area contributed by atoms with Gasteiger partial charge in [0.15, 0.2) is 11.5 Å². The Morgan fingerprint density at radius 2 is 1.84 bits per heavy atom. The first-order valence-electron chi connectivity index (χ1n) is 20.0. The molecule has 0 radical (unpaired) electrons. The SMILES string of the molecule is N#Cc1ccc(O[C@H]2CC[C@H](NC(=O)c3ccc(N4CCC(CN5CCC[C@@](F)(Cn6ccc7c(N8CCC(=O)NC8=O)cccc76)C5)CC4)nn3)CC2)cc1Cl. The van der Waals surface area contributed by atoms with E-state index in [-0.39, 0.29) is 36.9 Å².